The van der Waals surface area contributed by atoms with Crippen molar-refractivity contribution >= 4 is 23.5 Å². The first kappa shape index (κ1) is 29.2. The minimum absolute atomic E-state index is 0.0245. The molecule has 0 aliphatic rings. The van der Waals surface area contributed by atoms with Gasteiger partial charge in [0.1, 0.15) is 17.5 Å². The van der Waals surface area contributed by atoms with E-state index in [0.29, 0.717) is 24.3 Å². The van der Waals surface area contributed by atoms with Crippen molar-refractivity contribution in [1.29, 1.82) is 0 Å². The molecule has 9 nitrogen and oxygen atoms in total. The standard InChI is InChI=1S/C25H27F2N2O7PS/c26-25(27)37(31,32)36-21-14-12-19(13-15-21)18-23(29-38(33,34)22-10-5-2-6-11-22)24(30)28-16-7-17-35-20-8-3-1-4-9-20/h1-6,8-15,23,25,29H,7,16-18H2,(H,28,30)(H,31,32)/t23-/m0/s1. The largest absolute Gasteiger partial charge is 0.494 e. The number of alkyl halides is 2. The van der Waals surface area contributed by atoms with E-state index in [1.54, 1.807) is 30.3 Å². The third-order valence-electron chi connectivity index (χ3n) is 5.15. The van der Waals surface area contributed by atoms with Gasteiger partial charge in [-0.1, -0.05) is 48.5 Å². The Labute approximate surface area is 219 Å². The van der Waals surface area contributed by atoms with Crippen LogP contribution in [0.15, 0.2) is 89.8 Å². The average Bonchev–Trinajstić information content (AvgIpc) is 2.90. The van der Waals surface area contributed by atoms with Crippen LogP contribution in [0.3, 0.4) is 0 Å². The predicted molar refractivity (Wildman–Crippen MR) is 137 cm³/mol. The highest BCUT2D eigenvalue weighted by atomic mass is 32.2. The van der Waals surface area contributed by atoms with Crippen LogP contribution in [0.5, 0.6) is 11.5 Å². The van der Waals surface area contributed by atoms with Crippen molar-refractivity contribution in [2.45, 2.75) is 29.9 Å². The van der Waals surface area contributed by atoms with Crippen molar-refractivity contribution < 1.29 is 40.7 Å². The number of carbonyl (C=O) groups is 1. The van der Waals surface area contributed by atoms with Crippen molar-refractivity contribution in [2.75, 3.05) is 13.2 Å². The molecule has 1 amide bonds. The van der Waals surface area contributed by atoms with E-state index in [1.807, 2.05) is 18.2 Å². The molecule has 204 valence electrons. The number of amides is 1. The number of carbonyl (C=O) groups excluding carboxylic acids is 1. The minimum Gasteiger partial charge on any atom is -0.494 e. The maximum atomic E-state index is 13.0. The Hall–Kier alpha value is -3.31. The third kappa shape index (κ3) is 8.91. The fraction of sp³-hybridized carbons (Fsp3) is 0.240. The van der Waals surface area contributed by atoms with Crippen LogP contribution in [0.25, 0.3) is 0 Å². The highest BCUT2D eigenvalue weighted by Gasteiger charge is 2.34. The molecule has 0 radical (unpaired) electrons. The van der Waals surface area contributed by atoms with Crippen molar-refractivity contribution in [3.05, 3.63) is 90.5 Å². The molecule has 13 heteroatoms. The van der Waals surface area contributed by atoms with Gasteiger partial charge in [-0.2, -0.15) is 13.5 Å². The van der Waals surface area contributed by atoms with E-state index in [2.05, 4.69) is 14.6 Å². The molecule has 3 N–H and O–H groups in total. The number of hydrogen-bond donors (Lipinski definition) is 3. The summed E-state index contributed by atoms with van der Waals surface area (Å²) in [6, 6.07) is 20.6. The Morgan fingerprint density at radius 1 is 0.921 bits per heavy atom. The zero-order valence-corrected chi connectivity index (χ0v) is 21.8. The molecule has 0 fully saturated rings. The second-order valence-corrected chi connectivity index (χ2v) is 11.5. The molecule has 3 rings (SSSR count). The van der Waals surface area contributed by atoms with Crippen LogP contribution in [0.1, 0.15) is 12.0 Å². The first-order chi connectivity index (χ1) is 18.1. The van der Waals surface area contributed by atoms with E-state index in [0.717, 1.165) is 0 Å². The molecule has 0 aliphatic heterocycles. The Morgan fingerprint density at radius 2 is 1.53 bits per heavy atom. The number of hydrogen-bond acceptors (Lipinski definition) is 6. The lowest BCUT2D eigenvalue weighted by molar-refractivity contribution is -0.122. The van der Waals surface area contributed by atoms with E-state index >= 15 is 0 Å². The van der Waals surface area contributed by atoms with Crippen LogP contribution in [0, 0.1) is 0 Å². The van der Waals surface area contributed by atoms with Crippen LogP contribution in [-0.2, 0) is 25.8 Å². The van der Waals surface area contributed by atoms with Gasteiger partial charge in [-0.25, -0.2) is 13.0 Å². The SMILES string of the molecule is O=C(NCCCOc1ccccc1)[C@H](Cc1ccc(OP(=O)(O)C(F)F)cc1)NS(=O)(=O)c1ccccc1. The quantitative estimate of drug-likeness (QED) is 0.198. The molecule has 3 aromatic carbocycles. The lowest BCUT2D eigenvalue weighted by Gasteiger charge is -2.19. The van der Waals surface area contributed by atoms with Gasteiger partial charge in [0.05, 0.1) is 11.5 Å². The maximum absolute atomic E-state index is 13.0. The van der Waals surface area contributed by atoms with Gasteiger partial charge in [0, 0.05) is 6.54 Å². The van der Waals surface area contributed by atoms with Crippen molar-refractivity contribution in [2.24, 2.45) is 0 Å². The van der Waals surface area contributed by atoms with Crippen molar-refractivity contribution in [1.82, 2.24) is 10.0 Å². The summed E-state index contributed by atoms with van der Waals surface area (Å²) in [7, 11) is -9.20. The fourth-order valence-corrected chi connectivity index (χ4v) is 4.99. The second kappa shape index (κ2) is 13.5. The average molecular weight is 569 g/mol. The molecule has 1 unspecified atom stereocenters. The normalized spacial score (nSPS) is 13.9. The van der Waals surface area contributed by atoms with Gasteiger partial charge in [0.2, 0.25) is 15.9 Å². The summed E-state index contributed by atoms with van der Waals surface area (Å²) in [5.41, 5.74) is 0.450. The summed E-state index contributed by atoms with van der Waals surface area (Å²) in [6.45, 7) is 0.556. The molecular weight excluding hydrogens is 541 g/mol. The summed E-state index contributed by atoms with van der Waals surface area (Å²) >= 11 is 0. The minimum atomic E-state index is -5.14. The summed E-state index contributed by atoms with van der Waals surface area (Å²) in [5.74, 6) is -0.169. The highest BCUT2D eigenvalue weighted by molar-refractivity contribution is 7.89. The zero-order chi connectivity index (χ0) is 27.6. The molecule has 0 aliphatic carbocycles. The molecule has 0 aromatic heterocycles. The van der Waals surface area contributed by atoms with Gasteiger partial charge in [-0.05, 0) is 54.8 Å². The Morgan fingerprint density at radius 3 is 2.13 bits per heavy atom. The van der Waals surface area contributed by atoms with E-state index in [9.17, 15) is 31.5 Å². The lowest BCUT2D eigenvalue weighted by atomic mass is 10.1. The second-order valence-electron chi connectivity index (χ2n) is 8.07. The monoisotopic (exact) mass is 568 g/mol. The number of rotatable bonds is 14. The molecular formula is C25H27F2N2O7PS. The number of nitrogens with one attached hydrogen (secondary N) is 2. The van der Waals surface area contributed by atoms with Gasteiger partial charge in [-0.15, -0.1) is 0 Å². The number of para-hydroxylation sites is 1. The molecule has 38 heavy (non-hydrogen) atoms. The van der Waals surface area contributed by atoms with Crippen LogP contribution < -0.4 is 19.3 Å². The highest BCUT2D eigenvalue weighted by Crippen LogP contribution is 2.48. The molecule has 0 bridgehead atoms. The van der Waals surface area contributed by atoms with Gasteiger partial charge < -0.3 is 19.5 Å². The number of halogens is 2. The number of ether oxygens (including phenoxy) is 1. The Balaban J connectivity index is 1.66. The molecule has 0 saturated carbocycles. The van der Waals surface area contributed by atoms with E-state index in [-0.39, 0.29) is 23.6 Å². The summed E-state index contributed by atoms with van der Waals surface area (Å²) in [5, 5.41) is 2.69. The van der Waals surface area contributed by atoms with Crippen LogP contribution >= 0.6 is 7.60 Å². The molecule has 0 heterocycles. The topological polar surface area (TPSA) is 131 Å². The van der Waals surface area contributed by atoms with Crippen molar-refractivity contribution in [3.63, 3.8) is 0 Å². The molecule has 3 aromatic rings. The maximum Gasteiger partial charge on any atom is 0.442 e. The third-order valence-corrected chi connectivity index (χ3v) is 7.60. The summed E-state index contributed by atoms with van der Waals surface area (Å²) in [6.07, 6.45) is -3.19. The number of benzene rings is 3. The van der Waals surface area contributed by atoms with E-state index < -0.39 is 35.7 Å². The van der Waals surface area contributed by atoms with Crippen LogP contribution in [-0.4, -0.2) is 44.6 Å². The van der Waals surface area contributed by atoms with Gasteiger partial charge >= 0.3 is 13.8 Å². The van der Waals surface area contributed by atoms with Gasteiger partial charge in [-0.3, -0.25) is 4.79 Å². The molecule has 0 saturated heterocycles. The molecule has 0 spiro atoms. The van der Waals surface area contributed by atoms with Crippen LogP contribution in [0.4, 0.5) is 8.78 Å². The first-order valence-corrected chi connectivity index (χ1v) is 14.6. The first-order valence-electron chi connectivity index (χ1n) is 11.5. The van der Waals surface area contributed by atoms with Gasteiger partial charge in [0.25, 0.3) is 0 Å². The van der Waals surface area contributed by atoms with Gasteiger partial charge in [0.15, 0.2) is 0 Å². The summed E-state index contributed by atoms with van der Waals surface area (Å²) in [4.78, 5) is 22.1. The summed E-state index contributed by atoms with van der Waals surface area (Å²) < 4.78 is 74.9. The fourth-order valence-electron chi connectivity index (χ4n) is 3.27. The Bertz CT molecular complexity index is 1330. The van der Waals surface area contributed by atoms with E-state index in [1.165, 1.54) is 36.4 Å². The Kier molecular flexibility index (Phi) is 10.4. The van der Waals surface area contributed by atoms with E-state index in [4.69, 9.17) is 4.74 Å². The molecule has 2 atom stereocenters. The van der Waals surface area contributed by atoms with Crippen LogP contribution in [0.2, 0.25) is 0 Å². The zero-order valence-electron chi connectivity index (χ0n) is 20.1. The predicted octanol–water partition coefficient (Wildman–Crippen LogP) is 3.95. The smallest absolute Gasteiger partial charge is 0.442 e. The van der Waals surface area contributed by atoms with Crippen molar-refractivity contribution in [3.8, 4) is 11.5 Å². The lowest BCUT2D eigenvalue weighted by Crippen LogP contribution is -2.48. The number of sulfonamides is 1.